The summed E-state index contributed by atoms with van der Waals surface area (Å²) in [7, 11) is 0. The molecule has 1 aromatic carbocycles. The molecule has 25 heavy (non-hydrogen) atoms. The van der Waals surface area contributed by atoms with E-state index in [1.807, 2.05) is 30.5 Å². The monoisotopic (exact) mass is 373 g/mol. The van der Waals surface area contributed by atoms with Gasteiger partial charge in [-0.05, 0) is 49.1 Å². The molecule has 2 heterocycles. The Morgan fingerprint density at radius 1 is 1.28 bits per heavy atom. The molecule has 1 atom stereocenters. The number of hydrogen-bond donors (Lipinski definition) is 1. The quantitative estimate of drug-likeness (QED) is 0.747. The standard InChI is InChI=1S/C18H16ClN3O2S/c1-11-5-6-13(10-14(11)19)20-18(24)12(2)22-17(23)8-7-15(21-22)16-4-3-9-25-16/h3-10,12H,1-2H3,(H,20,24). The van der Waals surface area contributed by atoms with Crippen LogP contribution < -0.4 is 10.9 Å². The summed E-state index contributed by atoms with van der Waals surface area (Å²) in [5, 5.41) is 9.61. The topological polar surface area (TPSA) is 64.0 Å². The number of hydrogen-bond acceptors (Lipinski definition) is 4. The molecule has 0 aliphatic rings. The first kappa shape index (κ1) is 17.4. The first-order valence-corrected chi connectivity index (χ1v) is 8.92. The van der Waals surface area contributed by atoms with E-state index < -0.39 is 6.04 Å². The van der Waals surface area contributed by atoms with Crippen molar-refractivity contribution in [1.29, 1.82) is 0 Å². The van der Waals surface area contributed by atoms with Crippen LogP contribution in [0.1, 0.15) is 18.5 Å². The number of aryl methyl sites for hydroxylation is 1. The van der Waals surface area contributed by atoms with Crippen molar-refractivity contribution in [3.05, 3.63) is 68.8 Å². The predicted molar refractivity (Wildman–Crippen MR) is 101 cm³/mol. The normalized spacial score (nSPS) is 12.0. The van der Waals surface area contributed by atoms with E-state index in [9.17, 15) is 9.59 Å². The smallest absolute Gasteiger partial charge is 0.267 e. The van der Waals surface area contributed by atoms with Crippen molar-refractivity contribution in [1.82, 2.24) is 9.78 Å². The van der Waals surface area contributed by atoms with E-state index in [1.54, 1.807) is 25.1 Å². The van der Waals surface area contributed by atoms with E-state index in [2.05, 4.69) is 10.4 Å². The van der Waals surface area contributed by atoms with Crippen molar-refractivity contribution in [2.45, 2.75) is 19.9 Å². The minimum absolute atomic E-state index is 0.329. The second-order valence-electron chi connectivity index (χ2n) is 5.61. The van der Waals surface area contributed by atoms with Gasteiger partial charge in [0.25, 0.3) is 5.56 Å². The maximum Gasteiger partial charge on any atom is 0.267 e. The lowest BCUT2D eigenvalue weighted by Crippen LogP contribution is -2.33. The molecule has 0 fully saturated rings. The first-order chi connectivity index (χ1) is 12.0. The third kappa shape index (κ3) is 3.81. The van der Waals surface area contributed by atoms with Gasteiger partial charge in [0, 0.05) is 16.8 Å². The van der Waals surface area contributed by atoms with Crippen LogP contribution in [0.2, 0.25) is 5.02 Å². The molecule has 0 aliphatic carbocycles. The van der Waals surface area contributed by atoms with Crippen molar-refractivity contribution in [2.75, 3.05) is 5.32 Å². The fourth-order valence-corrected chi connectivity index (χ4v) is 3.16. The predicted octanol–water partition coefficient (Wildman–Crippen LogP) is 4.13. The average Bonchev–Trinajstić information content (AvgIpc) is 3.12. The molecule has 2 aromatic heterocycles. The molecule has 3 rings (SSSR count). The van der Waals surface area contributed by atoms with Gasteiger partial charge in [-0.3, -0.25) is 9.59 Å². The highest BCUT2D eigenvalue weighted by atomic mass is 35.5. The van der Waals surface area contributed by atoms with Crippen LogP contribution in [0.4, 0.5) is 5.69 Å². The van der Waals surface area contributed by atoms with Crippen LogP contribution in [0.3, 0.4) is 0 Å². The van der Waals surface area contributed by atoms with Gasteiger partial charge in [0.1, 0.15) is 11.7 Å². The lowest BCUT2D eigenvalue weighted by molar-refractivity contribution is -0.119. The highest BCUT2D eigenvalue weighted by molar-refractivity contribution is 7.13. The van der Waals surface area contributed by atoms with E-state index >= 15 is 0 Å². The Labute approximate surface area is 153 Å². The van der Waals surface area contributed by atoms with Crippen LogP contribution in [-0.4, -0.2) is 15.7 Å². The van der Waals surface area contributed by atoms with Gasteiger partial charge < -0.3 is 5.32 Å². The van der Waals surface area contributed by atoms with Crippen LogP contribution in [-0.2, 0) is 4.79 Å². The number of thiophene rings is 1. The largest absolute Gasteiger partial charge is 0.324 e. The highest BCUT2D eigenvalue weighted by Gasteiger charge is 2.18. The number of rotatable bonds is 4. The fraction of sp³-hybridized carbons (Fsp3) is 0.167. The molecular formula is C18H16ClN3O2S. The van der Waals surface area contributed by atoms with Crippen molar-refractivity contribution in [2.24, 2.45) is 0 Å². The number of amides is 1. The van der Waals surface area contributed by atoms with Gasteiger partial charge in [-0.25, -0.2) is 4.68 Å². The second kappa shape index (κ2) is 7.21. The van der Waals surface area contributed by atoms with E-state index in [-0.39, 0.29) is 11.5 Å². The molecule has 128 valence electrons. The molecule has 0 aliphatic heterocycles. The summed E-state index contributed by atoms with van der Waals surface area (Å²) in [6.07, 6.45) is 0. The average molecular weight is 374 g/mol. The van der Waals surface area contributed by atoms with Gasteiger partial charge in [0.15, 0.2) is 0 Å². The summed E-state index contributed by atoms with van der Waals surface area (Å²) in [6.45, 7) is 3.52. The summed E-state index contributed by atoms with van der Waals surface area (Å²) in [6, 6.07) is 11.4. The Kier molecular flexibility index (Phi) is 5.01. The molecule has 1 unspecified atom stereocenters. The number of aromatic nitrogens is 2. The van der Waals surface area contributed by atoms with Crippen molar-refractivity contribution in [3.8, 4) is 10.6 Å². The molecule has 0 saturated carbocycles. The molecule has 1 amide bonds. The number of benzene rings is 1. The zero-order chi connectivity index (χ0) is 18.0. The Morgan fingerprint density at radius 2 is 2.08 bits per heavy atom. The Bertz CT molecular complexity index is 967. The summed E-state index contributed by atoms with van der Waals surface area (Å²) < 4.78 is 1.19. The van der Waals surface area contributed by atoms with Crippen LogP contribution in [0, 0.1) is 6.92 Å². The van der Waals surface area contributed by atoms with Gasteiger partial charge >= 0.3 is 0 Å². The lowest BCUT2D eigenvalue weighted by Gasteiger charge is -2.15. The molecule has 0 spiro atoms. The zero-order valence-corrected chi connectivity index (χ0v) is 15.3. The zero-order valence-electron chi connectivity index (χ0n) is 13.7. The van der Waals surface area contributed by atoms with Gasteiger partial charge in [0.2, 0.25) is 5.91 Å². The third-order valence-electron chi connectivity index (χ3n) is 3.78. The third-order valence-corrected chi connectivity index (χ3v) is 5.08. The molecule has 0 bridgehead atoms. The summed E-state index contributed by atoms with van der Waals surface area (Å²) in [5.41, 5.74) is 1.83. The van der Waals surface area contributed by atoms with Crippen LogP contribution in [0.15, 0.2) is 52.6 Å². The van der Waals surface area contributed by atoms with Crippen LogP contribution in [0.5, 0.6) is 0 Å². The SMILES string of the molecule is Cc1ccc(NC(=O)C(C)n2nc(-c3cccs3)ccc2=O)cc1Cl. The maximum atomic E-state index is 12.5. The molecule has 3 aromatic rings. The van der Waals surface area contributed by atoms with Gasteiger partial charge in [-0.2, -0.15) is 5.10 Å². The summed E-state index contributed by atoms with van der Waals surface area (Å²) in [4.78, 5) is 25.6. The number of nitrogens with zero attached hydrogens (tertiary/aromatic N) is 2. The molecule has 0 radical (unpaired) electrons. The summed E-state index contributed by atoms with van der Waals surface area (Å²) in [5.74, 6) is -0.335. The van der Waals surface area contributed by atoms with E-state index in [0.29, 0.717) is 16.4 Å². The minimum atomic E-state index is -0.757. The minimum Gasteiger partial charge on any atom is -0.324 e. The van der Waals surface area contributed by atoms with Gasteiger partial charge in [-0.15, -0.1) is 11.3 Å². The number of carbonyl (C=O) groups is 1. The molecule has 0 saturated heterocycles. The number of halogens is 1. The molecule has 1 N–H and O–H groups in total. The lowest BCUT2D eigenvalue weighted by atomic mass is 10.2. The van der Waals surface area contributed by atoms with Gasteiger partial charge in [-0.1, -0.05) is 23.7 Å². The van der Waals surface area contributed by atoms with Crippen LogP contribution in [0.25, 0.3) is 10.6 Å². The number of carbonyl (C=O) groups excluding carboxylic acids is 1. The highest BCUT2D eigenvalue weighted by Crippen LogP contribution is 2.23. The molecule has 7 heteroatoms. The first-order valence-electron chi connectivity index (χ1n) is 7.66. The van der Waals surface area contributed by atoms with Crippen molar-refractivity contribution < 1.29 is 4.79 Å². The summed E-state index contributed by atoms with van der Waals surface area (Å²) >= 11 is 7.60. The maximum absolute atomic E-state index is 12.5. The van der Waals surface area contributed by atoms with E-state index in [1.165, 1.54) is 22.1 Å². The Hall–Kier alpha value is -2.44. The second-order valence-corrected chi connectivity index (χ2v) is 6.96. The van der Waals surface area contributed by atoms with Crippen molar-refractivity contribution >= 4 is 34.5 Å². The fourth-order valence-electron chi connectivity index (χ4n) is 2.29. The van der Waals surface area contributed by atoms with Gasteiger partial charge in [0.05, 0.1) is 4.88 Å². The number of nitrogens with one attached hydrogen (secondary N) is 1. The molecular weight excluding hydrogens is 358 g/mol. The van der Waals surface area contributed by atoms with E-state index in [4.69, 9.17) is 11.6 Å². The Balaban J connectivity index is 1.85. The van der Waals surface area contributed by atoms with Crippen LogP contribution >= 0.6 is 22.9 Å². The van der Waals surface area contributed by atoms with Crippen molar-refractivity contribution in [3.63, 3.8) is 0 Å². The molecule has 5 nitrogen and oxygen atoms in total. The number of anilines is 1. The Morgan fingerprint density at radius 3 is 2.76 bits per heavy atom. The van der Waals surface area contributed by atoms with E-state index in [0.717, 1.165) is 10.4 Å².